The Labute approximate surface area is 167 Å². The molecule has 3 rings (SSSR count). The second-order valence-corrected chi connectivity index (χ2v) is 11.2. The lowest BCUT2D eigenvalue weighted by atomic mass is 10.1. The smallest absolute Gasteiger partial charge is 0.228 e. The van der Waals surface area contributed by atoms with Gasteiger partial charge in [-0.3, -0.25) is 0 Å². The molecule has 146 valence electrons. The first-order valence-corrected chi connectivity index (χ1v) is 12.0. The van der Waals surface area contributed by atoms with Crippen molar-refractivity contribution in [3.05, 3.63) is 63.9 Å². The number of sulfonamides is 1. The van der Waals surface area contributed by atoms with Crippen LogP contribution in [-0.4, -0.2) is 40.0 Å². The molecule has 1 aliphatic heterocycles. The summed E-state index contributed by atoms with van der Waals surface area (Å²) in [5, 5.41) is -0.872. The average Bonchev–Trinajstić information content (AvgIpc) is 2.76. The first kappa shape index (κ1) is 20.5. The normalized spacial score (nSPS) is 20.9. The molecule has 1 saturated heterocycles. The van der Waals surface area contributed by atoms with Crippen molar-refractivity contribution in [2.45, 2.75) is 16.6 Å². The van der Waals surface area contributed by atoms with E-state index in [1.54, 1.807) is 24.3 Å². The molecule has 1 aliphatic rings. The van der Waals surface area contributed by atoms with E-state index in [1.165, 1.54) is 0 Å². The van der Waals surface area contributed by atoms with Crippen LogP contribution in [0.15, 0.2) is 47.4 Å². The highest BCUT2D eigenvalue weighted by atomic mass is 35.5. The fourth-order valence-electron chi connectivity index (χ4n) is 3.04. The maximum absolute atomic E-state index is 13.3. The minimum absolute atomic E-state index is 0.00749. The van der Waals surface area contributed by atoms with Gasteiger partial charge in [0.2, 0.25) is 10.0 Å². The first-order valence-electron chi connectivity index (χ1n) is 8.04. The van der Waals surface area contributed by atoms with E-state index < -0.39 is 30.9 Å². The first-order chi connectivity index (χ1) is 12.6. The summed E-state index contributed by atoms with van der Waals surface area (Å²) in [5.41, 5.74) is 0.461. The van der Waals surface area contributed by atoms with Crippen molar-refractivity contribution in [2.75, 3.05) is 18.8 Å². The minimum atomic E-state index is -4.01. The Balaban J connectivity index is 1.93. The van der Waals surface area contributed by atoms with Crippen LogP contribution >= 0.6 is 23.2 Å². The monoisotopic (exact) mass is 451 g/mol. The molecule has 0 bridgehead atoms. The summed E-state index contributed by atoms with van der Waals surface area (Å²) < 4.78 is 65.5. The Morgan fingerprint density at radius 1 is 1.04 bits per heavy atom. The molecule has 1 unspecified atom stereocenters. The van der Waals surface area contributed by atoms with Crippen LogP contribution in [0.2, 0.25) is 10.0 Å². The molecule has 1 fully saturated rings. The molecule has 10 heteroatoms. The van der Waals surface area contributed by atoms with E-state index in [0.717, 1.165) is 22.5 Å². The van der Waals surface area contributed by atoms with Gasteiger partial charge in [-0.05, 0) is 36.2 Å². The Morgan fingerprint density at radius 3 is 2.41 bits per heavy atom. The van der Waals surface area contributed by atoms with Crippen molar-refractivity contribution < 1.29 is 21.2 Å². The van der Waals surface area contributed by atoms with E-state index >= 15 is 0 Å². The van der Waals surface area contributed by atoms with Crippen molar-refractivity contribution in [1.29, 1.82) is 0 Å². The van der Waals surface area contributed by atoms with Gasteiger partial charge in [0.15, 0.2) is 9.84 Å². The largest absolute Gasteiger partial charge is 0.243 e. The van der Waals surface area contributed by atoms with Crippen LogP contribution in [0.5, 0.6) is 0 Å². The fraction of sp³-hybridized carbons (Fsp3) is 0.294. The van der Waals surface area contributed by atoms with Gasteiger partial charge in [-0.15, -0.1) is 0 Å². The maximum Gasteiger partial charge on any atom is 0.243 e. The molecule has 0 saturated carbocycles. The quantitative estimate of drug-likeness (QED) is 0.713. The van der Waals surface area contributed by atoms with E-state index in [0.29, 0.717) is 10.6 Å². The zero-order valence-corrected chi connectivity index (χ0v) is 17.1. The van der Waals surface area contributed by atoms with Crippen LogP contribution in [0.3, 0.4) is 0 Å². The molecule has 0 N–H and O–H groups in total. The Hall–Kier alpha value is -1.19. The van der Waals surface area contributed by atoms with Crippen LogP contribution in [-0.2, 0) is 19.9 Å². The lowest BCUT2D eigenvalue weighted by molar-refractivity contribution is 0.428. The zero-order valence-electron chi connectivity index (χ0n) is 14.0. The van der Waals surface area contributed by atoms with Crippen LogP contribution < -0.4 is 0 Å². The van der Waals surface area contributed by atoms with E-state index in [1.807, 2.05) is 0 Å². The van der Waals surface area contributed by atoms with Crippen LogP contribution in [0.4, 0.5) is 4.39 Å². The average molecular weight is 452 g/mol. The molecule has 2 aromatic carbocycles. The SMILES string of the molecule is O=S1(=O)CCN(S(=O)(=O)c2ccc(F)c(Cl)c2)CCC1c1ccccc1Cl. The molecule has 0 aromatic heterocycles. The van der Waals surface area contributed by atoms with Gasteiger partial charge in [0, 0.05) is 18.1 Å². The van der Waals surface area contributed by atoms with Crippen molar-refractivity contribution >= 4 is 43.1 Å². The van der Waals surface area contributed by atoms with Crippen LogP contribution in [0.25, 0.3) is 0 Å². The van der Waals surface area contributed by atoms with Crippen LogP contribution in [0.1, 0.15) is 17.2 Å². The molecule has 27 heavy (non-hydrogen) atoms. The van der Waals surface area contributed by atoms with Crippen molar-refractivity contribution in [3.63, 3.8) is 0 Å². The van der Waals surface area contributed by atoms with Gasteiger partial charge in [0.05, 0.1) is 20.9 Å². The summed E-state index contributed by atoms with van der Waals surface area (Å²) in [6.07, 6.45) is 0.0697. The number of hydrogen-bond donors (Lipinski definition) is 0. The highest BCUT2D eigenvalue weighted by Crippen LogP contribution is 2.35. The fourth-order valence-corrected chi connectivity index (χ4v) is 7.03. The summed E-state index contributed by atoms with van der Waals surface area (Å²) in [4.78, 5) is -0.178. The van der Waals surface area contributed by atoms with E-state index in [2.05, 4.69) is 0 Å². The van der Waals surface area contributed by atoms with Crippen LogP contribution in [0, 0.1) is 5.82 Å². The summed E-state index contributed by atoms with van der Waals surface area (Å²) in [5.74, 6) is -1.07. The van der Waals surface area contributed by atoms with E-state index in [-0.39, 0.29) is 35.2 Å². The van der Waals surface area contributed by atoms with Gasteiger partial charge in [0.25, 0.3) is 0 Å². The minimum Gasteiger partial charge on any atom is -0.228 e. The molecule has 0 amide bonds. The maximum atomic E-state index is 13.3. The van der Waals surface area contributed by atoms with Gasteiger partial charge < -0.3 is 0 Å². The van der Waals surface area contributed by atoms with Gasteiger partial charge >= 0.3 is 0 Å². The molecular weight excluding hydrogens is 436 g/mol. The van der Waals surface area contributed by atoms with Gasteiger partial charge in [-0.2, -0.15) is 4.31 Å². The van der Waals surface area contributed by atoms with Crippen molar-refractivity contribution in [2.24, 2.45) is 0 Å². The lowest BCUT2D eigenvalue weighted by Crippen LogP contribution is -2.33. The molecule has 1 heterocycles. The lowest BCUT2D eigenvalue weighted by Gasteiger charge is -2.20. The third-order valence-corrected chi connectivity index (χ3v) is 9.12. The standard InChI is InChI=1S/C17H16Cl2FNO4S2/c18-14-4-2-1-3-13(14)17-7-8-21(9-10-26(17,22)23)27(24,25)12-5-6-16(20)15(19)11-12/h1-6,11,17H,7-10H2. The molecular formula is C17H16Cl2FNO4S2. The van der Waals surface area contributed by atoms with Crippen molar-refractivity contribution in [3.8, 4) is 0 Å². The number of rotatable bonds is 3. The van der Waals surface area contributed by atoms with Gasteiger partial charge in [-0.25, -0.2) is 21.2 Å². The second kappa shape index (κ2) is 7.67. The Kier molecular flexibility index (Phi) is 5.84. The zero-order chi connectivity index (χ0) is 19.8. The van der Waals surface area contributed by atoms with Gasteiger partial charge in [0.1, 0.15) is 5.82 Å². The highest BCUT2D eigenvalue weighted by Gasteiger charge is 2.36. The number of benzene rings is 2. The number of sulfone groups is 1. The number of hydrogen-bond acceptors (Lipinski definition) is 4. The summed E-state index contributed by atoms with van der Waals surface area (Å²) >= 11 is 11.8. The predicted molar refractivity (Wildman–Crippen MR) is 103 cm³/mol. The topological polar surface area (TPSA) is 71.5 Å². The Morgan fingerprint density at radius 2 is 1.74 bits per heavy atom. The second-order valence-electron chi connectivity index (χ2n) is 6.15. The molecule has 1 atom stereocenters. The third-order valence-electron chi connectivity index (χ3n) is 4.48. The van der Waals surface area contributed by atoms with Gasteiger partial charge in [-0.1, -0.05) is 41.4 Å². The predicted octanol–water partition coefficient (Wildman–Crippen LogP) is 3.68. The molecule has 2 aromatic rings. The molecule has 0 spiro atoms. The molecule has 0 radical (unpaired) electrons. The summed E-state index contributed by atoms with van der Waals surface area (Å²) in [6, 6.07) is 9.73. The Bertz CT molecular complexity index is 1070. The van der Waals surface area contributed by atoms with Crippen molar-refractivity contribution in [1.82, 2.24) is 4.31 Å². The molecule has 5 nitrogen and oxygen atoms in total. The number of halogens is 3. The van der Waals surface area contributed by atoms with E-state index in [9.17, 15) is 21.2 Å². The highest BCUT2D eigenvalue weighted by molar-refractivity contribution is 7.92. The van der Waals surface area contributed by atoms with E-state index in [4.69, 9.17) is 23.2 Å². The summed E-state index contributed by atoms with van der Waals surface area (Å²) in [7, 11) is -7.61. The number of nitrogens with zero attached hydrogens (tertiary/aromatic N) is 1. The third kappa shape index (κ3) is 4.14. The molecule has 0 aliphatic carbocycles. The summed E-state index contributed by atoms with van der Waals surface area (Å²) in [6.45, 7) is -0.201.